The van der Waals surface area contributed by atoms with Crippen LogP contribution in [0.15, 0.2) is 47.1 Å². The first-order valence-corrected chi connectivity index (χ1v) is 6.46. The van der Waals surface area contributed by atoms with Crippen LogP contribution in [0.2, 0.25) is 0 Å². The van der Waals surface area contributed by atoms with Crippen LogP contribution in [0.4, 0.5) is 0 Å². The van der Waals surface area contributed by atoms with Gasteiger partial charge in [-0.2, -0.15) is 0 Å². The average Bonchev–Trinajstić information content (AvgIpc) is 2.38. The van der Waals surface area contributed by atoms with Crippen molar-refractivity contribution in [3.63, 3.8) is 0 Å². The fourth-order valence-electron chi connectivity index (χ4n) is 1.60. The summed E-state index contributed by atoms with van der Waals surface area (Å²) in [6.07, 6.45) is 1.19. The first-order valence-electron chi connectivity index (χ1n) is 5.67. The molecule has 0 amide bonds. The van der Waals surface area contributed by atoms with E-state index in [-0.39, 0.29) is 0 Å². The number of hydrogen-bond acceptors (Lipinski definition) is 3. The molecular weight excluding hydrogens is 294 g/mol. The third-order valence-electron chi connectivity index (χ3n) is 2.53. The predicted octanol–water partition coefficient (Wildman–Crippen LogP) is 3.48. The molecule has 0 saturated carbocycles. The van der Waals surface area contributed by atoms with Crippen LogP contribution in [0.25, 0.3) is 0 Å². The van der Waals surface area contributed by atoms with Gasteiger partial charge in [-0.1, -0.05) is 18.2 Å². The lowest BCUT2D eigenvalue weighted by Gasteiger charge is -2.12. The molecule has 0 radical (unpaired) electrons. The Morgan fingerprint density at radius 2 is 2.06 bits per heavy atom. The third-order valence-corrected chi connectivity index (χ3v) is 3.00. The van der Waals surface area contributed by atoms with E-state index in [4.69, 9.17) is 4.74 Å². The van der Waals surface area contributed by atoms with E-state index in [1.165, 1.54) is 0 Å². The van der Waals surface area contributed by atoms with Gasteiger partial charge in [0.15, 0.2) is 0 Å². The molecule has 4 heteroatoms. The average molecular weight is 308 g/mol. The lowest BCUT2D eigenvalue weighted by atomic mass is 10.1. The molecule has 0 spiro atoms. The number of aliphatic hydroxyl groups excluding tert-OH is 1. The van der Waals surface area contributed by atoms with Gasteiger partial charge in [0.2, 0.25) is 0 Å². The van der Waals surface area contributed by atoms with Crippen molar-refractivity contribution in [1.82, 2.24) is 4.98 Å². The van der Waals surface area contributed by atoms with E-state index in [1.807, 2.05) is 36.4 Å². The molecule has 1 unspecified atom stereocenters. The maximum absolute atomic E-state index is 9.64. The molecule has 1 aromatic heterocycles. The summed E-state index contributed by atoms with van der Waals surface area (Å²) in [5.41, 5.74) is 1.63. The molecular formula is C14H14BrNO2. The highest BCUT2D eigenvalue weighted by atomic mass is 79.9. The Balaban J connectivity index is 2.08. The first-order chi connectivity index (χ1) is 8.66. The van der Waals surface area contributed by atoms with Crippen molar-refractivity contribution in [1.29, 1.82) is 0 Å². The van der Waals surface area contributed by atoms with Gasteiger partial charge in [0.1, 0.15) is 12.4 Å². The van der Waals surface area contributed by atoms with Gasteiger partial charge < -0.3 is 9.84 Å². The van der Waals surface area contributed by atoms with Crippen LogP contribution in [0.1, 0.15) is 24.3 Å². The topological polar surface area (TPSA) is 42.4 Å². The Kier molecular flexibility index (Phi) is 4.33. The molecule has 1 atom stereocenters. The van der Waals surface area contributed by atoms with Crippen molar-refractivity contribution in [2.24, 2.45) is 0 Å². The molecule has 1 N–H and O–H groups in total. The van der Waals surface area contributed by atoms with Crippen molar-refractivity contribution < 1.29 is 9.84 Å². The summed E-state index contributed by atoms with van der Waals surface area (Å²) in [6.45, 7) is 2.11. The molecule has 0 fully saturated rings. The van der Waals surface area contributed by atoms with Crippen LogP contribution >= 0.6 is 15.9 Å². The van der Waals surface area contributed by atoms with Gasteiger partial charge in [-0.25, -0.2) is 0 Å². The van der Waals surface area contributed by atoms with Crippen molar-refractivity contribution >= 4 is 15.9 Å². The minimum atomic E-state index is -0.543. The number of pyridine rings is 1. The molecule has 0 saturated heterocycles. The van der Waals surface area contributed by atoms with Gasteiger partial charge in [-0.3, -0.25) is 4.98 Å². The molecule has 94 valence electrons. The Labute approximate surface area is 115 Å². The predicted molar refractivity (Wildman–Crippen MR) is 73.3 cm³/mol. The van der Waals surface area contributed by atoms with Crippen LogP contribution in [-0.2, 0) is 6.61 Å². The van der Waals surface area contributed by atoms with E-state index in [1.54, 1.807) is 13.1 Å². The summed E-state index contributed by atoms with van der Waals surface area (Å²) in [7, 11) is 0. The van der Waals surface area contributed by atoms with Gasteiger partial charge in [0.25, 0.3) is 0 Å². The number of aliphatic hydroxyl groups is 1. The number of nitrogens with zero attached hydrogens (tertiary/aromatic N) is 1. The quantitative estimate of drug-likeness (QED) is 0.940. The Hall–Kier alpha value is -1.39. The Morgan fingerprint density at radius 1 is 1.28 bits per heavy atom. The fraction of sp³-hybridized carbons (Fsp3) is 0.214. The lowest BCUT2D eigenvalue weighted by molar-refractivity contribution is 0.190. The van der Waals surface area contributed by atoms with Crippen LogP contribution in [0, 0.1) is 0 Å². The molecule has 0 aliphatic heterocycles. The Morgan fingerprint density at radius 3 is 2.72 bits per heavy atom. The van der Waals surface area contributed by atoms with Gasteiger partial charge in [0, 0.05) is 16.2 Å². The van der Waals surface area contributed by atoms with Crippen molar-refractivity contribution in [3.05, 3.63) is 58.3 Å². The second kappa shape index (κ2) is 5.98. The van der Waals surface area contributed by atoms with E-state index in [0.29, 0.717) is 12.4 Å². The van der Waals surface area contributed by atoms with Gasteiger partial charge in [-0.05, 0) is 41.1 Å². The smallest absolute Gasteiger partial charge is 0.130 e. The number of ether oxygens (including phenoxy) is 1. The summed E-state index contributed by atoms with van der Waals surface area (Å²) in [4.78, 5) is 4.23. The second-order valence-electron chi connectivity index (χ2n) is 3.97. The molecule has 1 heterocycles. The van der Waals surface area contributed by atoms with Gasteiger partial charge in [-0.15, -0.1) is 0 Å². The van der Waals surface area contributed by atoms with Crippen molar-refractivity contribution in [2.75, 3.05) is 0 Å². The minimum absolute atomic E-state index is 0.386. The van der Waals surface area contributed by atoms with E-state index < -0.39 is 6.10 Å². The molecule has 2 rings (SSSR count). The lowest BCUT2D eigenvalue weighted by Crippen LogP contribution is -2.02. The maximum Gasteiger partial charge on any atom is 0.130 e. The van der Waals surface area contributed by atoms with Crippen molar-refractivity contribution in [3.8, 4) is 5.75 Å². The van der Waals surface area contributed by atoms with Gasteiger partial charge >= 0.3 is 0 Å². The number of aromatic nitrogens is 1. The molecule has 18 heavy (non-hydrogen) atoms. The first kappa shape index (κ1) is 13.1. The third kappa shape index (κ3) is 3.31. The van der Waals surface area contributed by atoms with E-state index >= 15 is 0 Å². The summed E-state index contributed by atoms with van der Waals surface area (Å²) in [5, 5.41) is 9.64. The minimum Gasteiger partial charge on any atom is -0.487 e. The number of benzene rings is 1. The molecule has 1 aromatic carbocycles. The second-order valence-corrected chi connectivity index (χ2v) is 4.89. The summed E-state index contributed by atoms with van der Waals surface area (Å²) >= 11 is 3.34. The molecule has 3 nitrogen and oxygen atoms in total. The standard InChI is InChI=1S/C14H14BrNO2/c1-10(17)13-4-2-3-5-14(13)18-9-12-7-6-11(15)8-16-12/h2-8,10,17H,9H2,1H3. The number of hydrogen-bond donors (Lipinski definition) is 1. The highest BCUT2D eigenvalue weighted by Gasteiger charge is 2.08. The molecule has 0 aliphatic rings. The zero-order valence-electron chi connectivity index (χ0n) is 10.0. The van der Waals surface area contributed by atoms with Crippen LogP contribution < -0.4 is 4.74 Å². The van der Waals surface area contributed by atoms with E-state index in [0.717, 1.165) is 15.7 Å². The Bertz CT molecular complexity index is 511. The van der Waals surface area contributed by atoms with E-state index in [2.05, 4.69) is 20.9 Å². The van der Waals surface area contributed by atoms with Gasteiger partial charge in [0.05, 0.1) is 11.8 Å². The fourth-order valence-corrected chi connectivity index (χ4v) is 1.84. The molecule has 0 aliphatic carbocycles. The highest BCUT2D eigenvalue weighted by molar-refractivity contribution is 9.10. The number of halogens is 1. The monoisotopic (exact) mass is 307 g/mol. The number of rotatable bonds is 4. The van der Waals surface area contributed by atoms with Crippen LogP contribution in [0.3, 0.4) is 0 Å². The molecule has 2 aromatic rings. The number of para-hydroxylation sites is 1. The van der Waals surface area contributed by atoms with Crippen LogP contribution in [-0.4, -0.2) is 10.1 Å². The van der Waals surface area contributed by atoms with E-state index in [9.17, 15) is 5.11 Å². The highest BCUT2D eigenvalue weighted by Crippen LogP contribution is 2.25. The summed E-state index contributed by atoms with van der Waals surface area (Å²) < 4.78 is 6.63. The summed E-state index contributed by atoms with van der Waals surface area (Å²) in [6, 6.07) is 11.3. The normalized spacial score (nSPS) is 12.2. The summed E-state index contributed by atoms with van der Waals surface area (Å²) in [5.74, 6) is 0.692. The SMILES string of the molecule is CC(O)c1ccccc1OCc1ccc(Br)cn1. The molecule has 0 bridgehead atoms. The zero-order chi connectivity index (χ0) is 13.0. The van der Waals surface area contributed by atoms with Crippen molar-refractivity contribution in [2.45, 2.75) is 19.6 Å². The maximum atomic E-state index is 9.64. The zero-order valence-corrected chi connectivity index (χ0v) is 11.6. The van der Waals surface area contributed by atoms with Crippen LogP contribution in [0.5, 0.6) is 5.75 Å². The largest absolute Gasteiger partial charge is 0.487 e.